The van der Waals surface area contributed by atoms with E-state index in [1.54, 1.807) is 6.20 Å². The summed E-state index contributed by atoms with van der Waals surface area (Å²) in [6, 6.07) is 1.98. The average Bonchev–Trinajstić information content (AvgIpc) is 3.08. The van der Waals surface area contributed by atoms with E-state index in [9.17, 15) is 0 Å². The molecule has 0 spiro atoms. The van der Waals surface area contributed by atoms with Gasteiger partial charge in [0, 0.05) is 49.9 Å². The second-order valence-corrected chi connectivity index (χ2v) is 6.06. The van der Waals surface area contributed by atoms with Gasteiger partial charge in [-0.1, -0.05) is 0 Å². The molecule has 0 bridgehead atoms. The van der Waals surface area contributed by atoms with Gasteiger partial charge in [-0.3, -0.25) is 0 Å². The fraction of sp³-hybridized carbons (Fsp3) is 0.438. The van der Waals surface area contributed by atoms with E-state index in [0.717, 1.165) is 47.3 Å². The maximum absolute atomic E-state index is 4.71. The Labute approximate surface area is 136 Å². The number of aromatic nitrogens is 5. The molecule has 1 N–H and O–H groups in total. The first kappa shape index (κ1) is 15.5. The molecule has 0 aliphatic heterocycles. The van der Waals surface area contributed by atoms with E-state index in [2.05, 4.69) is 41.2 Å². The van der Waals surface area contributed by atoms with Gasteiger partial charge in [-0.25, -0.2) is 9.97 Å². The van der Waals surface area contributed by atoms with Crippen molar-refractivity contribution >= 4 is 11.5 Å². The molecule has 0 saturated heterocycles. The first-order valence-electron chi connectivity index (χ1n) is 7.70. The average molecular weight is 313 g/mol. The first-order valence-corrected chi connectivity index (χ1v) is 7.70. The van der Waals surface area contributed by atoms with Gasteiger partial charge in [-0.15, -0.1) is 0 Å². The van der Waals surface area contributed by atoms with Crippen molar-refractivity contribution in [2.24, 2.45) is 7.05 Å². The number of imidazole rings is 1. The largest absolute Gasteiger partial charge is 0.368 e. The zero-order valence-electron chi connectivity index (χ0n) is 14.3. The fourth-order valence-electron chi connectivity index (χ4n) is 2.53. The fourth-order valence-corrected chi connectivity index (χ4v) is 2.53. The molecule has 0 radical (unpaired) electrons. The summed E-state index contributed by atoms with van der Waals surface area (Å²) in [6.45, 7) is 5.90. The van der Waals surface area contributed by atoms with Gasteiger partial charge >= 0.3 is 0 Å². The van der Waals surface area contributed by atoms with Gasteiger partial charge in [0.15, 0.2) is 11.5 Å². The Hall–Kier alpha value is -2.41. The molecule has 3 rings (SSSR count). The number of nitrogens with zero attached hydrogens (tertiary/aromatic N) is 6. The molecule has 0 aliphatic rings. The van der Waals surface area contributed by atoms with Crippen LogP contribution in [0.5, 0.6) is 0 Å². The van der Waals surface area contributed by atoms with Gasteiger partial charge in [0.25, 0.3) is 0 Å². The highest BCUT2D eigenvalue weighted by molar-refractivity contribution is 5.62. The second kappa shape index (κ2) is 6.00. The molecule has 7 nitrogen and oxygen atoms in total. The highest BCUT2D eigenvalue weighted by Gasteiger charge is 2.15. The summed E-state index contributed by atoms with van der Waals surface area (Å²) in [4.78, 5) is 11.2. The molecule has 23 heavy (non-hydrogen) atoms. The summed E-state index contributed by atoms with van der Waals surface area (Å²) in [7, 11) is 6.09. The summed E-state index contributed by atoms with van der Waals surface area (Å²) < 4.78 is 3.84. The van der Waals surface area contributed by atoms with Crippen molar-refractivity contribution in [3.05, 3.63) is 29.7 Å². The SMILES string of the molecule is Cc1nc2cc(-c3nccn3C)nn2c(NCCN(C)C)c1C. The Morgan fingerprint density at radius 2 is 2.04 bits per heavy atom. The van der Waals surface area contributed by atoms with Crippen LogP contribution < -0.4 is 5.32 Å². The Morgan fingerprint density at radius 3 is 2.70 bits per heavy atom. The molecule has 0 atom stereocenters. The standard InChI is InChI=1S/C16H23N7/c1-11-12(2)19-14-10-13(16-18-7-9-22(16)5)20-23(14)15(11)17-6-8-21(3)4/h7,9-10,17H,6,8H2,1-5H3. The van der Waals surface area contributed by atoms with Crippen molar-refractivity contribution in [2.75, 3.05) is 32.5 Å². The predicted molar refractivity (Wildman–Crippen MR) is 91.7 cm³/mol. The number of nitrogens with one attached hydrogen (secondary N) is 1. The molecule has 3 heterocycles. The highest BCUT2D eigenvalue weighted by atomic mass is 15.3. The number of fused-ring (bicyclic) bond motifs is 1. The minimum atomic E-state index is 0.825. The number of anilines is 1. The van der Waals surface area contributed by atoms with Crippen molar-refractivity contribution in [3.63, 3.8) is 0 Å². The van der Waals surface area contributed by atoms with Gasteiger partial charge in [0.05, 0.1) is 0 Å². The molecule has 0 unspecified atom stereocenters. The van der Waals surface area contributed by atoms with E-state index < -0.39 is 0 Å². The van der Waals surface area contributed by atoms with Crippen LogP contribution in [0.1, 0.15) is 11.3 Å². The number of hydrogen-bond acceptors (Lipinski definition) is 5. The van der Waals surface area contributed by atoms with E-state index in [1.807, 2.05) is 35.3 Å². The lowest BCUT2D eigenvalue weighted by molar-refractivity contribution is 0.425. The molecule has 0 aliphatic carbocycles. The van der Waals surface area contributed by atoms with E-state index in [0.29, 0.717) is 0 Å². The van der Waals surface area contributed by atoms with E-state index in [-0.39, 0.29) is 0 Å². The summed E-state index contributed by atoms with van der Waals surface area (Å²) in [6.07, 6.45) is 3.69. The Balaban J connectivity index is 2.05. The van der Waals surface area contributed by atoms with Gasteiger partial charge in [0.1, 0.15) is 11.5 Å². The minimum Gasteiger partial charge on any atom is -0.368 e. The van der Waals surface area contributed by atoms with Gasteiger partial charge in [-0.2, -0.15) is 9.61 Å². The zero-order chi connectivity index (χ0) is 16.6. The number of likely N-dealkylation sites (N-methyl/N-ethyl adjacent to an activating group) is 1. The summed E-state index contributed by atoms with van der Waals surface area (Å²) in [5.74, 6) is 1.83. The van der Waals surface area contributed by atoms with Crippen molar-refractivity contribution in [2.45, 2.75) is 13.8 Å². The van der Waals surface area contributed by atoms with E-state index in [4.69, 9.17) is 5.10 Å². The van der Waals surface area contributed by atoms with Crippen LogP contribution in [0, 0.1) is 13.8 Å². The van der Waals surface area contributed by atoms with Crippen molar-refractivity contribution in [1.82, 2.24) is 29.0 Å². The van der Waals surface area contributed by atoms with Gasteiger partial charge < -0.3 is 14.8 Å². The van der Waals surface area contributed by atoms with E-state index >= 15 is 0 Å². The van der Waals surface area contributed by atoms with Crippen LogP contribution >= 0.6 is 0 Å². The third kappa shape index (κ3) is 2.92. The Kier molecular flexibility index (Phi) is 4.04. The Morgan fingerprint density at radius 1 is 1.26 bits per heavy atom. The second-order valence-electron chi connectivity index (χ2n) is 6.06. The molecule has 3 aromatic heterocycles. The topological polar surface area (TPSA) is 63.3 Å². The maximum atomic E-state index is 4.71. The molecular formula is C16H23N7. The smallest absolute Gasteiger partial charge is 0.160 e. The molecule has 0 fully saturated rings. The minimum absolute atomic E-state index is 0.825. The molecule has 0 saturated carbocycles. The molecule has 3 aromatic rings. The molecule has 122 valence electrons. The number of aryl methyl sites for hydroxylation is 2. The highest BCUT2D eigenvalue weighted by Crippen LogP contribution is 2.23. The summed E-state index contributed by atoms with van der Waals surface area (Å²) in [5.41, 5.74) is 3.78. The van der Waals surface area contributed by atoms with Crippen LogP contribution in [-0.4, -0.2) is 56.2 Å². The normalized spacial score (nSPS) is 11.6. The predicted octanol–water partition coefficient (Wildman–Crippen LogP) is 1.72. The lowest BCUT2D eigenvalue weighted by Crippen LogP contribution is -2.22. The first-order chi connectivity index (χ1) is 11.0. The lowest BCUT2D eigenvalue weighted by Gasteiger charge is -2.15. The van der Waals surface area contributed by atoms with Crippen molar-refractivity contribution in [1.29, 1.82) is 0 Å². The molecule has 0 aromatic carbocycles. The maximum Gasteiger partial charge on any atom is 0.160 e. The Bertz CT molecular complexity index is 828. The van der Waals surface area contributed by atoms with Crippen LogP contribution in [0.25, 0.3) is 17.2 Å². The summed E-state index contributed by atoms with van der Waals surface area (Å²) in [5, 5.41) is 8.20. The van der Waals surface area contributed by atoms with Crippen molar-refractivity contribution < 1.29 is 0 Å². The van der Waals surface area contributed by atoms with Crippen molar-refractivity contribution in [3.8, 4) is 11.5 Å². The molecule has 7 heteroatoms. The third-order valence-electron chi connectivity index (χ3n) is 3.98. The van der Waals surface area contributed by atoms with Crippen LogP contribution in [0.4, 0.5) is 5.82 Å². The molecular weight excluding hydrogens is 290 g/mol. The molecule has 0 amide bonds. The number of rotatable bonds is 5. The van der Waals surface area contributed by atoms with E-state index in [1.165, 1.54) is 0 Å². The van der Waals surface area contributed by atoms with Crippen LogP contribution in [0.15, 0.2) is 18.5 Å². The summed E-state index contributed by atoms with van der Waals surface area (Å²) >= 11 is 0. The van der Waals surface area contributed by atoms with Crippen LogP contribution in [-0.2, 0) is 7.05 Å². The van der Waals surface area contributed by atoms with Gasteiger partial charge in [0.2, 0.25) is 0 Å². The van der Waals surface area contributed by atoms with Crippen LogP contribution in [0.2, 0.25) is 0 Å². The zero-order valence-corrected chi connectivity index (χ0v) is 14.3. The lowest BCUT2D eigenvalue weighted by atomic mass is 10.2. The monoisotopic (exact) mass is 313 g/mol. The quantitative estimate of drug-likeness (QED) is 0.777. The number of hydrogen-bond donors (Lipinski definition) is 1. The van der Waals surface area contributed by atoms with Gasteiger partial charge in [-0.05, 0) is 27.9 Å². The van der Waals surface area contributed by atoms with Crippen LogP contribution in [0.3, 0.4) is 0 Å². The third-order valence-corrected chi connectivity index (χ3v) is 3.98.